The third-order valence-corrected chi connectivity index (χ3v) is 13.9. The van der Waals surface area contributed by atoms with E-state index in [4.69, 9.17) is 14.1 Å². The number of hydrogen-bond acceptors (Lipinski definition) is 5. The molecule has 0 atom stereocenters. The van der Waals surface area contributed by atoms with Gasteiger partial charge in [0.1, 0.15) is 11.4 Å². The maximum atomic E-state index is 6.77. The molecule has 362 valence electrons. The first-order valence-corrected chi connectivity index (χ1v) is 24.5. The van der Waals surface area contributed by atoms with Crippen LogP contribution in [0.1, 0.15) is 105 Å². The van der Waals surface area contributed by atoms with E-state index in [0.717, 1.165) is 72.7 Å². The Morgan fingerprint density at radius 1 is 0.507 bits per heavy atom. The van der Waals surface area contributed by atoms with Gasteiger partial charge < -0.3 is 23.5 Å². The van der Waals surface area contributed by atoms with Crippen molar-refractivity contribution in [3.05, 3.63) is 187 Å². The zero-order valence-electron chi connectivity index (χ0n) is 42.9. The summed E-state index contributed by atoms with van der Waals surface area (Å²) in [5, 5.41) is 2.06. The molecule has 0 N–H and O–H groups in total. The van der Waals surface area contributed by atoms with Crippen LogP contribution in [-0.4, -0.2) is 9.55 Å². The van der Waals surface area contributed by atoms with Crippen molar-refractivity contribution in [3.63, 3.8) is 0 Å². The van der Waals surface area contributed by atoms with Crippen LogP contribution in [0.15, 0.2) is 150 Å². The van der Waals surface area contributed by atoms with E-state index in [1.54, 1.807) is 0 Å². The van der Waals surface area contributed by atoms with E-state index in [9.17, 15) is 0 Å². The molecule has 71 heavy (non-hydrogen) atoms. The normalized spacial score (nSPS) is 13.4. The molecule has 7 aromatic carbocycles. The van der Waals surface area contributed by atoms with E-state index < -0.39 is 0 Å². The average Bonchev–Trinajstić information content (AvgIpc) is 4.00. The first-order valence-electron chi connectivity index (χ1n) is 24.5. The Morgan fingerprint density at radius 3 is 1.80 bits per heavy atom. The molecular formula is C64H61N4O2Pt-3. The topological polar surface area (TPSA) is 46.7 Å². The molecule has 0 aliphatic carbocycles. The second-order valence-electron chi connectivity index (χ2n) is 23.1. The van der Waals surface area contributed by atoms with Crippen LogP contribution in [0.2, 0.25) is 0 Å². The molecule has 1 aliphatic rings. The first-order chi connectivity index (χ1) is 33.2. The Labute approximate surface area is 433 Å². The second kappa shape index (κ2) is 17.3. The Morgan fingerprint density at radius 2 is 1.11 bits per heavy atom. The molecule has 4 heterocycles. The van der Waals surface area contributed by atoms with Gasteiger partial charge in [0.25, 0.3) is 0 Å². The second-order valence-corrected chi connectivity index (χ2v) is 23.1. The fourth-order valence-corrected chi connectivity index (χ4v) is 9.90. The summed E-state index contributed by atoms with van der Waals surface area (Å²) in [4.78, 5) is 9.49. The van der Waals surface area contributed by atoms with Crippen LogP contribution in [0.5, 0.6) is 11.5 Å². The van der Waals surface area contributed by atoms with Crippen molar-refractivity contribution in [3.8, 4) is 39.6 Å². The van der Waals surface area contributed by atoms with Gasteiger partial charge in [0.15, 0.2) is 0 Å². The van der Waals surface area contributed by atoms with Gasteiger partial charge in [-0.1, -0.05) is 179 Å². The molecule has 11 rings (SSSR count). The Hall–Kier alpha value is -6.62. The van der Waals surface area contributed by atoms with E-state index in [1.807, 2.05) is 36.5 Å². The molecule has 0 radical (unpaired) electrons. The predicted octanol–water partition coefficient (Wildman–Crippen LogP) is 17.7. The van der Waals surface area contributed by atoms with Crippen LogP contribution >= 0.6 is 0 Å². The minimum atomic E-state index is -0.0494. The molecule has 10 aromatic rings. The van der Waals surface area contributed by atoms with Gasteiger partial charge in [-0.2, -0.15) is 6.07 Å². The third-order valence-electron chi connectivity index (χ3n) is 13.9. The molecule has 0 saturated heterocycles. The molecule has 3 aromatic heterocycles. The van der Waals surface area contributed by atoms with Gasteiger partial charge >= 0.3 is 0 Å². The minimum absolute atomic E-state index is 0. The van der Waals surface area contributed by atoms with Gasteiger partial charge in [-0.25, -0.2) is 4.98 Å². The van der Waals surface area contributed by atoms with Crippen molar-refractivity contribution in [1.82, 2.24) is 9.55 Å². The molecule has 7 heteroatoms. The molecule has 1 aliphatic heterocycles. The summed E-state index contributed by atoms with van der Waals surface area (Å²) in [5.41, 5.74) is 17.1. The molecule has 0 unspecified atom stereocenters. The molecule has 6 nitrogen and oxygen atoms in total. The van der Waals surface area contributed by atoms with Crippen LogP contribution < -0.4 is 14.5 Å². The Kier molecular flexibility index (Phi) is 11.7. The number of anilines is 4. The number of pyridine rings is 1. The largest absolute Gasteiger partial charge is 0.509 e. The van der Waals surface area contributed by atoms with Crippen molar-refractivity contribution in [2.24, 2.45) is 0 Å². The van der Waals surface area contributed by atoms with Crippen LogP contribution in [0.4, 0.5) is 22.7 Å². The number of nitrogens with zero attached hydrogens (tertiary/aromatic N) is 4. The smallest absolute Gasteiger partial charge is 0.135 e. The monoisotopic (exact) mass is 1110 g/mol. The van der Waals surface area contributed by atoms with Crippen molar-refractivity contribution in [1.29, 1.82) is 0 Å². The Bertz CT molecular complexity index is 3590. The third kappa shape index (κ3) is 8.63. The predicted molar refractivity (Wildman–Crippen MR) is 291 cm³/mol. The van der Waals surface area contributed by atoms with Crippen molar-refractivity contribution in [2.75, 3.05) is 9.80 Å². The van der Waals surface area contributed by atoms with Gasteiger partial charge in [-0.15, -0.1) is 36.6 Å². The quantitative estimate of drug-likeness (QED) is 0.149. The van der Waals surface area contributed by atoms with Crippen LogP contribution in [0.3, 0.4) is 0 Å². The van der Waals surface area contributed by atoms with Gasteiger partial charge in [0, 0.05) is 78.0 Å². The van der Waals surface area contributed by atoms with E-state index >= 15 is 0 Å². The van der Waals surface area contributed by atoms with Gasteiger partial charge in [-0.3, -0.25) is 0 Å². The van der Waals surface area contributed by atoms with Gasteiger partial charge in [-0.05, 0) is 96.8 Å². The maximum Gasteiger partial charge on any atom is 0.135 e. The molecule has 0 bridgehead atoms. The summed E-state index contributed by atoms with van der Waals surface area (Å²) in [6.45, 7) is 29.6. The average molecular weight is 1110 g/mol. The zero-order chi connectivity index (χ0) is 49.1. The fraction of sp³-hybridized carbons (Fsp3) is 0.250. The summed E-state index contributed by atoms with van der Waals surface area (Å²) >= 11 is 0. The van der Waals surface area contributed by atoms with Crippen LogP contribution in [-0.2, 0) is 42.7 Å². The number of benzene rings is 7. The maximum absolute atomic E-state index is 6.77. The Balaban J connectivity index is 0.00000582. The van der Waals surface area contributed by atoms with E-state index in [2.05, 4.69) is 225 Å². The van der Waals surface area contributed by atoms with Gasteiger partial charge in [0.2, 0.25) is 0 Å². The fourth-order valence-electron chi connectivity index (χ4n) is 9.90. The van der Waals surface area contributed by atoms with E-state index in [1.165, 1.54) is 33.4 Å². The first kappa shape index (κ1) is 48.0. The summed E-state index contributed by atoms with van der Waals surface area (Å²) in [5.74, 6) is 1.92. The van der Waals surface area contributed by atoms with Crippen LogP contribution in [0.25, 0.3) is 61.0 Å². The van der Waals surface area contributed by atoms with Crippen LogP contribution in [0, 0.1) is 18.8 Å². The molecule has 0 saturated carbocycles. The summed E-state index contributed by atoms with van der Waals surface area (Å²) in [6, 6.07) is 57.5. The minimum Gasteiger partial charge on any atom is -0.509 e. The zero-order valence-corrected chi connectivity index (χ0v) is 45.1. The number of aromatic nitrogens is 2. The molecule has 0 spiro atoms. The standard InChI is InChI=1S/C64H61N4O2.Pt/c1-61(2,3)42-20-15-19-40(31-42)49-23-17-24-50(41-32-44(63(7,8)9)34-45(33-41)64(10,11)12)60(49)67-39-66(51-25-13-14-26-52(51)67)46-21-16-22-47(36-46)69-48-37-54-59-56(38-48)70-55-28-18-27-53(58(55)59)68(54)57-35-43(29-30-65-57)62(4,5)6;/h13-35,38-39H,1-12H3;/q-3;. The van der Waals surface area contributed by atoms with E-state index in [-0.39, 0.29) is 42.7 Å². The SMILES string of the molecule is CC(C)(C)c1cccc(-c2cccc(-c3cc(C(C)(C)C)cc(C(C)(C)C)c3)c2N2[CH-]N(c3[c-]c(Oc4[c-]c5c6c(c4)oc4cccc(c46)n5-c4cc(C(C)(C)C)ccn4)ccc3)c3ccccc32)c1.[Pt]. The summed E-state index contributed by atoms with van der Waals surface area (Å²) in [6.07, 6.45) is 1.90. The summed E-state index contributed by atoms with van der Waals surface area (Å²) < 4.78 is 15.4. The number of furan rings is 1. The molecule has 0 fully saturated rings. The summed E-state index contributed by atoms with van der Waals surface area (Å²) in [7, 11) is 0. The number of ether oxygens (including phenoxy) is 1. The molecule has 0 amide bonds. The van der Waals surface area contributed by atoms with E-state index in [0.29, 0.717) is 11.5 Å². The molecular weight excluding hydrogens is 1050 g/mol. The van der Waals surface area contributed by atoms with Crippen molar-refractivity contribution < 1.29 is 30.2 Å². The number of fused-ring (bicyclic) bond motifs is 1. The van der Waals surface area contributed by atoms with Crippen molar-refractivity contribution in [2.45, 2.75) is 105 Å². The number of hydrogen-bond donors (Lipinski definition) is 0. The number of rotatable bonds is 7. The van der Waals surface area contributed by atoms with Gasteiger partial charge in [0.05, 0.1) is 0 Å². The van der Waals surface area contributed by atoms with Crippen molar-refractivity contribution >= 4 is 55.7 Å². The number of para-hydroxylation sites is 3.